The molecule has 0 saturated heterocycles. The minimum absolute atomic E-state index is 0.105. The third-order valence-electron chi connectivity index (χ3n) is 4.11. The number of ether oxygens (including phenoxy) is 1. The molecule has 0 spiro atoms. The lowest BCUT2D eigenvalue weighted by molar-refractivity contribution is 0.400. The highest BCUT2D eigenvalue weighted by molar-refractivity contribution is 7.92. The van der Waals surface area contributed by atoms with Crippen LogP contribution in [0.2, 0.25) is 0 Å². The molecule has 7 nitrogen and oxygen atoms in total. The highest BCUT2D eigenvalue weighted by atomic mass is 32.2. The molecule has 0 atom stereocenters. The van der Waals surface area contributed by atoms with Gasteiger partial charge in [0.1, 0.15) is 16.4 Å². The van der Waals surface area contributed by atoms with Gasteiger partial charge in [0.2, 0.25) is 0 Å². The lowest BCUT2D eigenvalue weighted by atomic mass is 10.1. The van der Waals surface area contributed by atoms with Crippen molar-refractivity contribution in [3.8, 4) is 5.75 Å². The molecular formula is C19H21N3O4S. The molecule has 0 amide bonds. The van der Waals surface area contributed by atoms with Gasteiger partial charge in [-0.2, -0.15) is 0 Å². The Kier molecular flexibility index (Phi) is 5.09. The highest BCUT2D eigenvalue weighted by Crippen LogP contribution is 2.29. The molecular weight excluding hydrogens is 366 g/mol. The van der Waals surface area contributed by atoms with Crippen molar-refractivity contribution in [2.75, 3.05) is 17.1 Å². The number of nitrogens with one attached hydrogen (secondary N) is 2. The molecule has 1 aromatic heterocycles. The first-order valence-electron chi connectivity index (χ1n) is 8.27. The van der Waals surface area contributed by atoms with Gasteiger partial charge in [-0.05, 0) is 68.3 Å². The number of aromatic nitrogens is 1. The van der Waals surface area contributed by atoms with Crippen molar-refractivity contribution in [1.82, 2.24) is 5.16 Å². The van der Waals surface area contributed by atoms with Crippen molar-refractivity contribution < 1.29 is 17.7 Å². The van der Waals surface area contributed by atoms with Crippen LogP contribution in [0.25, 0.3) is 0 Å². The number of sulfonamides is 1. The normalized spacial score (nSPS) is 11.3. The first-order valence-corrected chi connectivity index (χ1v) is 9.75. The Balaban J connectivity index is 1.81. The van der Waals surface area contributed by atoms with Crippen molar-refractivity contribution in [2.45, 2.75) is 25.7 Å². The number of aryl methyl sites for hydroxylation is 3. The number of nitrogens with zero attached hydrogens (tertiary/aromatic N) is 1. The average Bonchev–Trinajstić information content (AvgIpc) is 3.03. The number of rotatable bonds is 6. The van der Waals surface area contributed by atoms with Crippen molar-refractivity contribution in [3.63, 3.8) is 0 Å². The smallest absolute Gasteiger partial charge is 0.265 e. The van der Waals surface area contributed by atoms with Crippen LogP contribution in [-0.2, 0) is 10.0 Å². The van der Waals surface area contributed by atoms with Gasteiger partial charge in [0, 0.05) is 17.4 Å². The molecule has 0 aliphatic heterocycles. The van der Waals surface area contributed by atoms with Gasteiger partial charge < -0.3 is 14.6 Å². The van der Waals surface area contributed by atoms with Crippen molar-refractivity contribution >= 4 is 27.2 Å². The van der Waals surface area contributed by atoms with E-state index in [1.807, 2.05) is 13.8 Å². The van der Waals surface area contributed by atoms with E-state index < -0.39 is 10.0 Å². The zero-order chi connectivity index (χ0) is 19.6. The monoisotopic (exact) mass is 387 g/mol. The quantitative estimate of drug-likeness (QED) is 0.660. The van der Waals surface area contributed by atoms with Crippen molar-refractivity contribution in [1.29, 1.82) is 0 Å². The van der Waals surface area contributed by atoms with Crippen LogP contribution in [0.15, 0.2) is 51.9 Å². The minimum atomic E-state index is -3.79. The summed E-state index contributed by atoms with van der Waals surface area (Å²) in [6.07, 6.45) is 0. The third-order valence-corrected chi connectivity index (χ3v) is 5.51. The third kappa shape index (κ3) is 4.22. The van der Waals surface area contributed by atoms with Crippen LogP contribution in [0, 0.1) is 20.8 Å². The summed E-state index contributed by atoms with van der Waals surface area (Å²) in [5.74, 6) is 1.59. The number of benzene rings is 2. The molecule has 27 heavy (non-hydrogen) atoms. The zero-order valence-corrected chi connectivity index (χ0v) is 16.3. The maximum absolute atomic E-state index is 12.8. The van der Waals surface area contributed by atoms with Crippen molar-refractivity contribution in [3.05, 3.63) is 59.4 Å². The fourth-order valence-electron chi connectivity index (χ4n) is 2.54. The summed E-state index contributed by atoms with van der Waals surface area (Å²) in [5, 5.41) is 6.93. The van der Waals surface area contributed by atoms with Gasteiger partial charge in [-0.3, -0.25) is 4.72 Å². The molecule has 0 bridgehead atoms. The van der Waals surface area contributed by atoms with Crippen LogP contribution in [0.3, 0.4) is 0 Å². The van der Waals surface area contributed by atoms with Gasteiger partial charge in [0.05, 0.1) is 7.11 Å². The van der Waals surface area contributed by atoms with Crippen LogP contribution in [0.5, 0.6) is 5.75 Å². The summed E-state index contributed by atoms with van der Waals surface area (Å²) in [5.41, 5.74) is 3.04. The number of hydrogen-bond acceptors (Lipinski definition) is 6. The molecule has 0 fully saturated rings. The second-order valence-electron chi connectivity index (χ2n) is 6.22. The molecule has 0 aliphatic carbocycles. The number of hydrogen-bond donors (Lipinski definition) is 2. The van der Waals surface area contributed by atoms with E-state index in [2.05, 4.69) is 15.2 Å². The highest BCUT2D eigenvalue weighted by Gasteiger charge is 2.21. The van der Waals surface area contributed by atoms with E-state index in [0.29, 0.717) is 23.0 Å². The molecule has 0 unspecified atom stereocenters. The molecule has 0 radical (unpaired) electrons. The molecule has 3 aromatic rings. The van der Waals surface area contributed by atoms with Crippen molar-refractivity contribution in [2.24, 2.45) is 0 Å². The van der Waals surface area contributed by atoms with Gasteiger partial charge in [-0.1, -0.05) is 5.16 Å². The summed E-state index contributed by atoms with van der Waals surface area (Å²) < 4.78 is 38.4. The van der Waals surface area contributed by atoms with E-state index in [0.717, 1.165) is 16.8 Å². The van der Waals surface area contributed by atoms with Crippen LogP contribution >= 0.6 is 0 Å². The first-order chi connectivity index (χ1) is 12.8. The Bertz CT molecular complexity index is 1060. The molecule has 2 aromatic carbocycles. The largest absolute Gasteiger partial charge is 0.495 e. The Hall–Kier alpha value is -3.00. The average molecular weight is 387 g/mol. The van der Waals surface area contributed by atoms with Gasteiger partial charge in [0.25, 0.3) is 10.0 Å². The topological polar surface area (TPSA) is 93.5 Å². The van der Waals surface area contributed by atoms with Crippen LogP contribution in [0.1, 0.15) is 16.9 Å². The second-order valence-corrected chi connectivity index (χ2v) is 7.87. The predicted molar refractivity (Wildman–Crippen MR) is 104 cm³/mol. The fraction of sp³-hybridized carbons (Fsp3) is 0.211. The summed E-state index contributed by atoms with van der Waals surface area (Å²) >= 11 is 0. The van der Waals surface area contributed by atoms with E-state index in [1.165, 1.54) is 7.11 Å². The van der Waals surface area contributed by atoms with Gasteiger partial charge in [-0.25, -0.2) is 8.42 Å². The standard InChI is InChI=1S/C19H21N3O4S/c1-12-9-17(25-4)18(10-13(12)2)27(23,24)22-16-7-5-15(6-8-16)20-19-11-14(3)26-21-19/h5-11,22H,1-4H3,(H,20,21). The summed E-state index contributed by atoms with van der Waals surface area (Å²) in [4.78, 5) is 0.105. The molecule has 0 saturated carbocycles. The Morgan fingerprint density at radius 2 is 1.59 bits per heavy atom. The lowest BCUT2D eigenvalue weighted by Crippen LogP contribution is -2.14. The molecule has 1 heterocycles. The number of anilines is 3. The lowest BCUT2D eigenvalue weighted by Gasteiger charge is -2.14. The second kappa shape index (κ2) is 7.32. The fourth-order valence-corrected chi connectivity index (χ4v) is 3.83. The summed E-state index contributed by atoms with van der Waals surface area (Å²) in [7, 11) is -2.33. The Labute approximate surface area is 158 Å². The Morgan fingerprint density at radius 3 is 2.19 bits per heavy atom. The maximum Gasteiger partial charge on any atom is 0.265 e. The zero-order valence-electron chi connectivity index (χ0n) is 15.5. The van der Waals surface area contributed by atoms with Gasteiger partial charge in [-0.15, -0.1) is 0 Å². The Morgan fingerprint density at radius 1 is 0.963 bits per heavy atom. The van der Waals surface area contributed by atoms with Crippen LogP contribution < -0.4 is 14.8 Å². The molecule has 2 N–H and O–H groups in total. The SMILES string of the molecule is COc1cc(C)c(C)cc1S(=O)(=O)Nc1ccc(Nc2cc(C)on2)cc1. The summed E-state index contributed by atoms with van der Waals surface area (Å²) in [6, 6.07) is 11.9. The molecule has 8 heteroatoms. The van der Waals surface area contributed by atoms with E-state index in [-0.39, 0.29) is 4.90 Å². The van der Waals surface area contributed by atoms with Crippen LogP contribution in [-0.4, -0.2) is 20.7 Å². The van der Waals surface area contributed by atoms with Crippen LogP contribution in [0.4, 0.5) is 17.2 Å². The molecule has 0 aliphatic rings. The van der Waals surface area contributed by atoms with E-state index in [1.54, 1.807) is 49.4 Å². The predicted octanol–water partition coefficient (Wildman–Crippen LogP) is 4.15. The minimum Gasteiger partial charge on any atom is -0.495 e. The van der Waals surface area contributed by atoms with E-state index in [4.69, 9.17) is 9.26 Å². The number of methoxy groups -OCH3 is 1. The summed E-state index contributed by atoms with van der Waals surface area (Å²) in [6.45, 7) is 5.57. The molecule has 3 rings (SSSR count). The molecule has 142 valence electrons. The van der Waals surface area contributed by atoms with Gasteiger partial charge >= 0.3 is 0 Å². The maximum atomic E-state index is 12.8. The van der Waals surface area contributed by atoms with E-state index in [9.17, 15) is 8.42 Å². The first kappa shape index (κ1) is 18.8. The van der Waals surface area contributed by atoms with E-state index >= 15 is 0 Å². The van der Waals surface area contributed by atoms with Gasteiger partial charge in [0.15, 0.2) is 5.82 Å².